The van der Waals surface area contributed by atoms with Gasteiger partial charge in [0.25, 0.3) is 11.8 Å². The van der Waals surface area contributed by atoms with E-state index in [1.165, 1.54) is 4.90 Å². The molecule has 3 fully saturated rings. The van der Waals surface area contributed by atoms with Crippen LogP contribution in [0, 0.1) is 6.92 Å². The zero-order valence-corrected chi connectivity index (χ0v) is 32.0. The molecule has 1 saturated carbocycles. The maximum atomic E-state index is 14.8. The number of likely N-dealkylation sites (N-methyl/N-ethyl adjacent to an activating group) is 1. The summed E-state index contributed by atoms with van der Waals surface area (Å²) in [5.74, 6) is -2.83. The Morgan fingerprint density at radius 1 is 1.00 bits per heavy atom. The molecule has 0 bridgehead atoms. The van der Waals surface area contributed by atoms with Crippen molar-refractivity contribution in [3.8, 4) is 5.75 Å². The van der Waals surface area contributed by atoms with Crippen LogP contribution in [0.5, 0.6) is 5.75 Å². The van der Waals surface area contributed by atoms with Crippen LogP contribution in [0.3, 0.4) is 0 Å². The summed E-state index contributed by atoms with van der Waals surface area (Å²) in [7, 11) is -0.700. The number of aryl methyl sites for hydroxylation is 1. The van der Waals surface area contributed by atoms with E-state index in [2.05, 4.69) is 16.8 Å². The van der Waals surface area contributed by atoms with Crippen molar-refractivity contribution in [2.75, 3.05) is 64.9 Å². The number of benzene rings is 2. The van der Waals surface area contributed by atoms with Crippen molar-refractivity contribution in [2.24, 2.45) is 0 Å². The number of methoxy groups -OCH3 is 1. The molecule has 2 amide bonds. The molecule has 7 rings (SSSR count). The molecule has 17 heteroatoms. The highest BCUT2D eigenvalue weighted by Gasteiger charge is 2.41. The van der Waals surface area contributed by atoms with Gasteiger partial charge in [0.1, 0.15) is 11.3 Å². The highest BCUT2D eigenvalue weighted by Crippen LogP contribution is 2.40. The van der Waals surface area contributed by atoms with Gasteiger partial charge >= 0.3 is 22.0 Å². The molecule has 1 aliphatic carbocycles. The van der Waals surface area contributed by atoms with E-state index in [0.29, 0.717) is 49.5 Å². The minimum atomic E-state index is -5.16. The minimum absolute atomic E-state index is 0.0961. The smallest absolute Gasteiger partial charge is 0.417 e. The van der Waals surface area contributed by atoms with E-state index in [1.807, 2.05) is 19.1 Å². The van der Waals surface area contributed by atoms with Gasteiger partial charge in [0.15, 0.2) is 0 Å². The molecule has 2 saturated heterocycles. The third kappa shape index (κ3) is 7.80. The molecular weight excluding hydrogens is 744 g/mol. The van der Waals surface area contributed by atoms with Gasteiger partial charge < -0.3 is 23.7 Å². The highest BCUT2D eigenvalue weighted by molar-refractivity contribution is 7.87. The van der Waals surface area contributed by atoms with Crippen molar-refractivity contribution < 1.29 is 45.1 Å². The number of nitrogens with one attached hydrogen (secondary N) is 1. The maximum Gasteiger partial charge on any atom is 0.417 e. The molecule has 55 heavy (non-hydrogen) atoms. The number of amides is 2. The average molecular weight is 790 g/mol. The summed E-state index contributed by atoms with van der Waals surface area (Å²) in [6, 6.07) is 5.74. The van der Waals surface area contributed by atoms with Crippen molar-refractivity contribution >= 4 is 38.7 Å². The number of hydrogen-bond donors (Lipinski definition) is 1. The van der Waals surface area contributed by atoms with Gasteiger partial charge in [-0.1, -0.05) is 0 Å². The van der Waals surface area contributed by atoms with Gasteiger partial charge in [-0.25, -0.2) is 9.52 Å². The fourth-order valence-electron chi connectivity index (χ4n) is 8.33. The van der Waals surface area contributed by atoms with Crippen LogP contribution in [-0.4, -0.2) is 107 Å². The largest absolute Gasteiger partial charge is 0.490 e. The Hall–Kier alpha value is -4.19. The van der Waals surface area contributed by atoms with Crippen molar-refractivity contribution in [3.05, 3.63) is 68.1 Å². The molecule has 0 unspecified atom stereocenters. The quantitative estimate of drug-likeness (QED) is 0.309. The Morgan fingerprint density at radius 2 is 1.73 bits per heavy atom. The van der Waals surface area contributed by atoms with E-state index >= 15 is 0 Å². The zero-order valence-electron chi connectivity index (χ0n) is 31.2. The molecule has 3 aromatic rings. The second-order valence-corrected chi connectivity index (χ2v) is 16.6. The third-order valence-electron chi connectivity index (χ3n) is 11.4. The van der Waals surface area contributed by atoms with Crippen LogP contribution in [0.2, 0.25) is 0 Å². The number of halogens is 3. The molecule has 13 nitrogen and oxygen atoms in total. The number of anilines is 1. The van der Waals surface area contributed by atoms with Crippen molar-refractivity contribution in [1.82, 2.24) is 18.8 Å². The fourth-order valence-corrected chi connectivity index (χ4v) is 9.53. The molecule has 1 N–H and O–H groups in total. The first kappa shape index (κ1) is 39.1. The average Bonchev–Trinajstić information content (AvgIpc) is 3.88. The van der Waals surface area contributed by atoms with Gasteiger partial charge in [0.2, 0.25) is 0 Å². The predicted octanol–water partition coefficient (Wildman–Crippen LogP) is 4.48. The lowest BCUT2D eigenvalue weighted by Gasteiger charge is -2.41. The van der Waals surface area contributed by atoms with Crippen LogP contribution < -0.4 is 20.0 Å². The summed E-state index contributed by atoms with van der Waals surface area (Å²) in [5.41, 5.74) is -0.390. The van der Waals surface area contributed by atoms with Crippen LogP contribution in [0.15, 0.2) is 33.5 Å². The normalized spacial score (nSPS) is 20.3. The van der Waals surface area contributed by atoms with Crippen LogP contribution in [0.4, 0.5) is 18.9 Å². The first-order chi connectivity index (χ1) is 26.2. The first-order valence-electron chi connectivity index (χ1n) is 18.7. The van der Waals surface area contributed by atoms with Gasteiger partial charge in [0.05, 0.1) is 42.0 Å². The Labute approximate surface area is 317 Å². The summed E-state index contributed by atoms with van der Waals surface area (Å²) < 4.78 is 90.4. The van der Waals surface area contributed by atoms with Gasteiger partial charge in [-0.05, 0) is 88.7 Å². The van der Waals surface area contributed by atoms with Crippen LogP contribution >= 0.6 is 0 Å². The summed E-state index contributed by atoms with van der Waals surface area (Å²) in [6.45, 7) is 4.98. The number of piperazine rings is 1. The first-order valence-corrected chi connectivity index (χ1v) is 20.2. The van der Waals surface area contributed by atoms with Crippen LogP contribution in [0.1, 0.15) is 81.5 Å². The Balaban J connectivity index is 1.20. The lowest BCUT2D eigenvalue weighted by Crippen LogP contribution is -2.53. The second-order valence-electron chi connectivity index (χ2n) is 14.9. The highest BCUT2D eigenvalue weighted by atomic mass is 32.2. The topological polar surface area (TPSA) is 142 Å². The van der Waals surface area contributed by atoms with E-state index in [-0.39, 0.29) is 44.2 Å². The molecule has 298 valence electrons. The molecule has 4 aliphatic rings. The molecular formula is C38H46F3N5O8S. The summed E-state index contributed by atoms with van der Waals surface area (Å²) in [5, 5.41) is 0.733. The van der Waals surface area contributed by atoms with Crippen LogP contribution in [-0.2, 0) is 34.1 Å². The number of carbonyl (C=O) groups excluding carboxylic acids is 2. The monoisotopic (exact) mass is 789 g/mol. The number of rotatable bonds is 9. The molecule has 1 aromatic heterocycles. The number of carbonyl (C=O) groups is 2. The Kier molecular flexibility index (Phi) is 10.9. The molecule has 2 aromatic carbocycles. The van der Waals surface area contributed by atoms with Gasteiger partial charge in [-0.2, -0.15) is 25.9 Å². The predicted molar refractivity (Wildman–Crippen MR) is 198 cm³/mol. The molecule has 3 aliphatic heterocycles. The number of ether oxygens (including phenoxy) is 2. The van der Waals surface area contributed by atoms with E-state index < -0.39 is 62.4 Å². The maximum absolute atomic E-state index is 14.8. The zero-order chi connectivity index (χ0) is 39.2. The lowest BCUT2D eigenvalue weighted by molar-refractivity contribution is -0.138. The fraction of sp³-hybridized carbons (Fsp3) is 0.553. The molecule has 0 spiro atoms. The number of nitrogens with zero attached hydrogens (tertiary/aromatic N) is 4. The number of hydrogen-bond acceptors (Lipinski definition) is 10. The SMILES string of the molecule is COC[C@H]1CN(c2ccc3c4c(c(=O)oc3c2C)CN(C(=O)c2cc(OC3CCCC3)c(C(=O)NS(=O)(=O)N3CCCC3)c(C(F)(F)F)c2)CC4)CCN1C. The Morgan fingerprint density at radius 3 is 2.42 bits per heavy atom. The third-order valence-corrected chi connectivity index (χ3v) is 12.8. The van der Waals surface area contributed by atoms with E-state index in [4.69, 9.17) is 13.9 Å². The van der Waals surface area contributed by atoms with E-state index in [1.54, 1.807) is 11.8 Å². The van der Waals surface area contributed by atoms with Gasteiger partial charge in [-0.3, -0.25) is 14.5 Å². The summed E-state index contributed by atoms with van der Waals surface area (Å²) in [4.78, 5) is 46.9. The molecule has 4 heterocycles. The van der Waals surface area contributed by atoms with Crippen molar-refractivity contribution in [1.29, 1.82) is 0 Å². The number of alkyl halides is 3. The van der Waals surface area contributed by atoms with Crippen LogP contribution in [0.25, 0.3) is 11.0 Å². The van der Waals surface area contributed by atoms with E-state index in [0.717, 1.165) is 59.5 Å². The van der Waals surface area contributed by atoms with Crippen molar-refractivity contribution in [3.63, 3.8) is 0 Å². The second kappa shape index (κ2) is 15.4. The summed E-state index contributed by atoms with van der Waals surface area (Å²) >= 11 is 0. The van der Waals surface area contributed by atoms with Crippen molar-refractivity contribution in [2.45, 2.75) is 76.7 Å². The Bertz CT molecular complexity index is 2150. The lowest BCUT2D eigenvalue weighted by atomic mass is 9.94. The molecule has 0 radical (unpaired) electrons. The minimum Gasteiger partial charge on any atom is -0.490 e. The standard InChI is InChI=1S/C38H46F3N5O8S/c1-23-31(44-17-16-43(2)25(20-44)22-52-3)11-10-28-27-12-15-45(21-29(27)37(49)54-34(23)28)36(48)24-18-30(38(39,40)41)33(32(19-24)53-26-8-4-5-9-26)35(47)42-55(50,51)46-13-6-7-14-46/h10-11,18-19,25-26H,4-9,12-17,20-22H2,1-3H3,(H,42,47)/t25-/m1/s1. The van der Waals surface area contributed by atoms with E-state index in [9.17, 15) is 36.0 Å². The number of fused-ring (bicyclic) bond motifs is 3. The summed E-state index contributed by atoms with van der Waals surface area (Å²) in [6.07, 6.45) is -1.77. The molecule has 1 atom stereocenters. The van der Waals surface area contributed by atoms with Gasteiger partial charge in [-0.15, -0.1) is 0 Å². The van der Waals surface area contributed by atoms with Gasteiger partial charge in [0, 0.05) is 68.6 Å².